The fourth-order valence-corrected chi connectivity index (χ4v) is 3.73. The van der Waals surface area contributed by atoms with E-state index in [2.05, 4.69) is 27.1 Å². The van der Waals surface area contributed by atoms with Crippen molar-refractivity contribution < 1.29 is 32.2 Å². The number of aromatic nitrogens is 2. The first-order valence-electron chi connectivity index (χ1n) is 11.4. The van der Waals surface area contributed by atoms with Crippen molar-refractivity contribution in [3.05, 3.63) is 40.7 Å². The molecule has 37 heavy (non-hydrogen) atoms. The second kappa shape index (κ2) is 11.8. The molecule has 12 heteroatoms. The van der Waals surface area contributed by atoms with Gasteiger partial charge < -0.3 is 14.8 Å². The topological polar surface area (TPSA) is 93.7 Å². The molecule has 0 aliphatic rings. The van der Waals surface area contributed by atoms with Crippen molar-refractivity contribution in [2.45, 2.75) is 78.3 Å². The van der Waals surface area contributed by atoms with Crippen LogP contribution in [0.5, 0.6) is 0 Å². The lowest BCUT2D eigenvalue weighted by molar-refractivity contribution is -0.141. The first-order chi connectivity index (χ1) is 17.0. The molecule has 0 unspecified atom stereocenters. The Bertz CT molecular complexity index is 1140. The summed E-state index contributed by atoms with van der Waals surface area (Å²) in [5, 5.41) is 4.67. The van der Waals surface area contributed by atoms with Crippen LogP contribution in [-0.4, -0.2) is 45.9 Å². The number of pyridine rings is 1. The number of nitrogens with one attached hydrogen (secondary N) is 1. The van der Waals surface area contributed by atoms with Crippen LogP contribution in [0.4, 0.5) is 27.9 Å². The van der Waals surface area contributed by atoms with Crippen LogP contribution < -0.4 is 10.2 Å². The lowest BCUT2D eigenvalue weighted by Gasteiger charge is -2.30. The molecule has 202 valence electrons. The van der Waals surface area contributed by atoms with E-state index in [9.17, 15) is 22.8 Å². The summed E-state index contributed by atoms with van der Waals surface area (Å²) in [5.74, 6) is 5.56. The molecule has 0 saturated carbocycles. The van der Waals surface area contributed by atoms with Gasteiger partial charge in [0.05, 0.1) is 12.6 Å². The molecule has 0 saturated heterocycles. The summed E-state index contributed by atoms with van der Waals surface area (Å²) in [6.45, 7) is 11.8. The maximum atomic E-state index is 13.1. The first-order valence-corrected chi connectivity index (χ1v) is 12.3. The smallest absolute Gasteiger partial charge is 0.433 e. The summed E-state index contributed by atoms with van der Waals surface area (Å²) in [6.07, 6.45) is -4.90. The third kappa shape index (κ3) is 10.3. The Labute approximate surface area is 218 Å². The van der Waals surface area contributed by atoms with Crippen LogP contribution in [0.25, 0.3) is 0 Å². The number of halogens is 3. The van der Waals surface area contributed by atoms with Crippen molar-refractivity contribution in [1.82, 2.24) is 15.3 Å². The number of hydrogen-bond acceptors (Lipinski definition) is 7. The molecule has 1 atom stereocenters. The Hall–Kier alpha value is -3.33. The maximum Gasteiger partial charge on any atom is 0.433 e. The zero-order chi connectivity index (χ0) is 28.0. The minimum absolute atomic E-state index is 0.0523. The van der Waals surface area contributed by atoms with Crippen molar-refractivity contribution >= 4 is 28.7 Å². The highest BCUT2D eigenvalue weighted by atomic mass is 32.1. The maximum absolute atomic E-state index is 13.1. The molecule has 1 N–H and O–H groups in total. The number of carbonyl (C=O) groups is 2. The fraction of sp³-hybridized carbons (Fsp3) is 0.520. The molecule has 0 aliphatic carbocycles. The summed E-state index contributed by atoms with van der Waals surface area (Å²) < 4.78 is 49.7. The quantitative estimate of drug-likeness (QED) is 0.465. The fourth-order valence-electron chi connectivity index (χ4n) is 2.97. The lowest BCUT2D eigenvalue weighted by atomic mass is 10.1. The van der Waals surface area contributed by atoms with Gasteiger partial charge in [-0.1, -0.05) is 12.0 Å². The summed E-state index contributed by atoms with van der Waals surface area (Å²) >= 11 is 1.16. The van der Waals surface area contributed by atoms with Crippen LogP contribution in [-0.2, 0) is 22.1 Å². The summed E-state index contributed by atoms with van der Waals surface area (Å²) in [4.78, 5) is 34.8. The molecule has 2 rings (SSSR count). The van der Waals surface area contributed by atoms with Crippen molar-refractivity contribution in [2.75, 3.05) is 11.4 Å². The normalized spacial score (nSPS) is 12.7. The van der Waals surface area contributed by atoms with E-state index in [0.29, 0.717) is 11.3 Å². The van der Waals surface area contributed by atoms with Gasteiger partial charge in [-0.15, -0.1) is 11.3 Å². The van der Waals surface area contributed by atoms with Crippen molar-refractivity contribution in [3.8, 4) is 11.8 Å². The van der Waals surface area contributed by atoms with Gasteiger partial charge in [-0.2, -0.15) is 13.2 Å². The molecular formula is C25H31F3N4O4S. The molecule has 0 radical (unpaired) electrons. The number of hydrogen-bond donors (Lipinski definition) is 1. The molecule has 0 bridgehead atoms. The minimum atomic E-state index is -4.58. The van der Waals surface area contributed by atoms with Gasteiger partial charge in [-0.25, -0.2) is 14.6 Å². The van der Waals surface area contributed by atoms with Crippen molar-refractivity contribution in [2.24, 2.45) is 0 Å². The largest absolute Gasteiger partial charge is 0.444 e. The Morgan fingerprint density at radius 2 is 1.76 bits per heavy atom. The third-order valence-corrected chi connectivity index (χ3v) is 5.17. The van der Waals surface area contributed by atoms with Gasteiger partial charge in [-0.05, 0) is 72.4 Å². The number of amides is 2. The molecule has 2 aromatic heterocycles. The molecule has 0 aliphatic heterocycles. The predicted octanol–water partition coefficient (Wildman–Crippen LogP) is 5.81. The Balaban J connectivity index is 2.40. The van der Waals surface area contributed by atoms with Gasteiger partial charge in [0, 0.05) is 11.6 Å². The van der Waals surface area contributed by atoms with Gasteiger partial charge in [0.25, 0.3) is 0 Å². The van der Waals surface area contributed by atoms with Gasteiger partial charge in [0.1, 0.15) is 22.6 Å². The molecule has 0 spiro atoms. The number of alkyl halides is 3. The van der Waals surface area contributed by atoms with E-state index >= 15 is 0 Å². The summed E-state index contributed by atoms with van der Waals surface area (Å²) in [6, 6.07) is 1.35. The molecule has 8 nitrogen and oxygen atoms in total. The summed E-state index contributed by atoms with van der Waals surface area (Å²) in [7, 11) is 0. The van der Waals surface area contributed by atoms with E-state index in [1.807, 2.05) is 0 Å². The molecule has 2 heterocycles. The Morgan fingerprint density at radius 3 is 2.27 bits per heavy atom. The van der Waals surface area contributed by atoms with E-state index in [-0.39, 0.29) is 18.1 Å². The number of anilines is 1. The van der Waals surface area contributed by atoms with Gasteiger partial charge in [-0.3, -0.25) is 9.88 Å². The third-order valence-electron chi connectivity index (χ3n) is 4.31. The van der Waals surface area contributed by atoms with E-state index in [1.54, 1.807) is 53.8 Å². The van der Waals surface area contributed by atoms with Crippen molar-refractivity contribution in [3.63, 3.8) is 0 Å². The number of nitrogens with zero attached hydrogens (tertiary/aromatic N) is 3. The summed E-state index contributed by atoms with van der Waals surface area (Å²) in [5.41, 5.74) is -1.77. The monoisotopic (exact) mass is 540 g/mol. The van der Waals surface area contributed by atoms with Crippen LogP contribution in [0.15, 0.2) is 23.7 Å². The van der Waals surface area contributed by atoms with Gasteiger partial charge in [0.15, 0.2) is 5.13 Å². The second-order valence-corrected chi connectivity index (χ2v) is 10.9. The highest BCUT2D eigenvalue weighted by Crippen LogP contribution is 2.28. The average molecular weight is 541 g/mol. The predicted molar refractivity (Wildman–Crippen MR) is 134 cm³/mol. The van der Waals surface area contributed by atoms with Crippen LogP contribution in [0, 0.1) is 11.8 Å². The molecule has 0 fully saturated rings. The molecular weight excluding hydrogens is 509 g/mol. The lowest BCUT2D eigenvalue weighted by Crippen LogP contribution is -2.49. The van der Waals surface area contributed by atoms with Crippen LogP contribution in [0.1, 0.15) is 65.4 Å². The van der Waals surface area contributed by atoms with Gasteiger partial charge in [0.2, 0.25) is 0 Å². The SMILES string of the molecule is CC#Cc1csc(N(C[C@H](Cc2ccc(C(F)(F)F)nc2)NC(=O)OC(C)(C)C)C(=O)OC(C)(C)C)n1. The number of alkyl carbamates (subject to hydrolysis) is 1. The van der Waals surface area contributed by atoms with Crippen molar-refractivity contribution in [1.29, 1.82) is 0 Å². The number of thiazole rings is 1. The van der Waals surface area contributed by atoms with E-state index in [1.165, 1.54) is 11.0 Å². The van der Waals surface area contributed by atoms with E-state index in [0.717, 1.165) is 23.6 Å². The standard InChI is InChI=1S/C25H31F3N4O4S/c1-8-9-17-15-37-20(30-17)32(22(34)36-24(5,6)7)14-18(31-21(33)35-23(2,3)4)12-16-10-11-19(29-13-16)25(26,27)28/h10-11,13,15,18H,12,14H2,1-7H3,(H,31,33)/t18-/m0/s1. The average Bonchev–Trinajstić information content (AvgIpc) is 3.17. The number of carbonyl (C=O) groups excluding carboxylic acids is 2. The molecule has 2 aromatic rings. The number of rotatable bonds is 6. The van der Waals surface area contributed by atoms with Crippen LogP contribution >= 0.6 is 11.3 Å². The van der Waals surface area contributed by atoms with E-state index in [4.69, 9.17) is 9.47 Å². The second-order valence-electron chi connectivity index (χ2n) is 10.1. The van der Waals surface area contributed by atoms with Crippen LogP contribution in [0.2, 0.25) is 0 Å². The number of ether oxygens (including phenoxy) is 2. The van der Waals surface area contributed by atoms with Crippen LogP contribution in [0.3, 0.4) is 0 Å². The Kier molecular flexibility index (Phi) is 9.54. The van der Waals surface area contributed by atoms with E-state index < -0.39 is 41.3 Å². The molecule has 2 amide bonds. The highest BCUT2D eigenvalue weighted by molar-refractivity contribution is 7.14. The minimum Gasteiger partial charge on any atom is -0.444 e. The molecule has 0 aromatic carbocycles. The van der Waals surface area contributed by atoms with Gasteiger partial charge >= 0.3 is 18.4 Å². The highest BCUT2D eigenvalue weighted by Gasteiger charge is 2.33. The zero-order valence-corrected chi connectivity index (χ0v) is 22.6. The zero-order valence-electron chi connectivity index (χ0n) is 21.8. The first kappa shape index (κ1) is 29.9. The Morgan fingerprint density at radius 1 is 1.11 bits per heavy atom.